The molecule has 2 atom stereocenters. The zero-order valence-electron chi connectivity index (χ0n) is 27.3. The van der Waals surface area contributed by atoms with E-state index in [0.717, 1.165) is 44.9 Å². The first-order chi connectivity index (χ1) is 20.9. The van der Waals surface area contributed by atoms with Gasteiger partial charge in [0, 0.05) is 22.0 Å². The summed E-state index contributed by atoms with van der Waals surface area (Å²) in [6, 6.07) is 33.6. The van der Waals surface area contributed by atoms with E-state index in [1.807, 2.05) is 12.1 Å². The molecule has 0 bridgehead atoms. The number of methoxy groups -OCH3 is 2. The van der Waals surface area contributed by atoms with Gasteiger partial charge in [-0.3, -0.25) is 9.13 Å². The number of benzene rings is 4. The summed E-state index contributed by atoms with van der Waals surface area (Å²) in [4.78, 5) is 0. The van der Waals surface area contributed by atoms with E-state index >= 15 is 0 Å². The van der Waals surface area contributed by atoms with Crippen LogP contribution in [0.2, 0.25) is 0 Å². The highest BCUT2D eigenvalue weighted by Gasteiger charge is 2.38. The van der Waals surface area contributed by atoms with Crippen molar-refractivity contribution in [1.82, 2.24) is 4.57 Å². The predicted octanol–water partition coefficient (Wildman–Crippen LogP) is 8.19. The van der Waals surface area contributed by atoms with E-state index in [0.29, 0.717) is 5.72 Å². The lowest BCUT2D eigenvalue weighted by atomic mass is 9.79. The fourth-order valence-corrected chi connectivity index (χ4v) is 6.45. The summed E-state index contributed by atoms with van der Waals surface area (Å²) in [6.07, 6.45) is 4.23. The second-order valence-corrected chi connectivity index (χ2v) is 13.7. The van der Waals surface area contributed by atoms with Crippen LogP contribution in [0.5, 0.6) is 11.5 Å². The lowest BCUT2D eigenvalue weighted by molar-refractivity contribution is -0.709. The second kappa shape index (κ2) is 12.4. The van der Waals surface area contributed by atoms with Crippen molar-refractivity contribution in [3.05, 3.63) is 121 Å². The Hall–Kier alpha value is -4.25. The van der Waals surface area contributed by atoms with Gasteiger partial charge in [0.1, 0.15) is 36.0 Å². The molecular weight excluding hydrogens is 539 g/mol. The average molecular weight is 584 g/mol. The molecule has 1 heterocycles. The highest BCUT2D eigenvalue weighted by molar-refractivity contribution is 6.28. The largest absolute Gasteiger partial charge is 0.496 e. The second-order valence-electron chi connectivity index (χ2n) is 13.7. The van der Waals surface area contributed by atoms with E-state index in [-0.39, 0.29) is 22.9 Å². The zero-order chi connectivity index (χ0) is 31.6. The smallest absolute Gasteiger partial charge is 0.130 e. The SMILES string of the molecule is [B-]c1n([C@H](c2cc(-c3ccccc3)ccc2OC)C(C)(C)C)cc[n+]1[C@H](c1cc(-c2ccccc2)ccc1OC)C(C)(C)C. The third-order valence-corrected chi connectivity index (χ3v) is 8.38. The van der Waals surface area contributed by atoms with Crippen molar-refractivity contribution in [2.24, 2.45) is 10.8 Å². The average Bonchev–Trinajstić information content (AvgIpc) is 3.36. The molecule has 0 unspecified atom stereocenters. The molecule has 0 saturated carbocycles. The fraction of sp³-hybridized carbons (Fsp3) is 0.308. The van der Waals surface area contributed by atoms with Crippen molar-refractivity contribution < 1.29 is 14.0 Å². The Labute approximate surface area is 264 Å². The molecule has 0 saturated heterocycles. The van der Waals surface area contributed by atoms with Crippen LogP contribution in [0, 0.1) is 10.8 Å². The molecule has 0 spiro atoms. The first kappa shape index (κ1) is 31.2. The fourth-order valence-electron chi connectivity index (χ4n) is 6.45. The lowest BCUT2D eigenvalue weighted by Crippen LogP contribution is -2.58. The predicted molar refractivity (Wildman–Crippen MR) is 182 cm³/mol. The quantitative estimate of drug-likeness (QED) is 0.136. The summed E-state index contributed by atoms with van der Waals surface area (Å²) >= 11 is 0. The van der Waals surface area contributed by atoms with Crippen LogP contribution in [0.4, 0.5) is 0 Å². The molecular formula is C39H44BN2O2. The van der Waals surface area contributed by atoms with E-state index in [1.165, 1.54) is 0 Å². The molecule has 225 valence electrons. The van der Waals surface area contributed by atoms with Crippen molar-refractivity contribution in [2.75, 3.05) is 14.2 Å². The minimum Gasteiger partial charge on any atom is -0.496 e. The first-order valence-electron chi connectivity index (χ1n) is 15.3. The molecule has 4 aromatic carbocycles. The maximum atomic E-state index is 7.20. The van der Waals surface area contributed by atoms with Gasteiger partial charge in [0.05, 0.1) is 14.2 Å². The molecule has 0 aliphatic rings. The molecule has 0 aliphatic carbocycles. The zero-order valence-corrected chi connectivity index (χ0v) is 27.3. The molecule has 0 fully saturated rings. The van der Waals surface area contributed by atoms with Crippen molar-refractivity contribution in [3.8, 4) is 33.8 Å². The summed E-state index contributed by atoms with van der Waals surface area (Å²) in [5.41, 5.74) is 7.10. The normalized spacial score (nSPS) is 13.4. The van der Waals surface area contributed by atoms with Gasteiger partial charge in [-0.25, -0.2) is 0 Å². The van der Waals surface area contributed by atoms with Crippen molar-refractivity contribution in [3.63, 3.8) is 0 Å². The van der Waals surface area contributed by atoms with Gasteiger partial charge in [-0.2, -0.15) is 0 Å². The number of hydrogen-bond donors (Lipinski definition) is 0. The van der Waals surface area contributed by atoms with E-state index in [2.05, 4.69) is 148 Å². The van der Waals surface area contributed by atoms with Crippen LogP contribution in [-0.2, 0) is 0 Å². The Morgan fingerprint density at radius 1 is 0.614 bits per heavy atom. The van der Waals surface area contributed by atoms with Crippen LogP contribution < -0.4 is 19.8 Å². The van der Waals surface area contributed by atoms with Gasteiger partial charge in [-0.05, 0) is 52.2 Å². The molecule has 4 nitrogen and oxygen atoms in total. The van der Waals surface area contributed by atoms with Crippen LogP contribution in [0.3, 0.4) is 0 Å². The Balaban J connectivity index is 1.68. The molecule has 0 N–H and O–H groups in total. The third kappa shape index (κ3) is 6.19. The number of hydrogen-bond acceptors (Lipinski definition) is 2. The number of ether oxygens (including phenoxy) is 2. The van der Waals surface area contributed by atoms with Gasteiger partial charge < -0.3 is 17.3 Å². The Bertz CT molecular complexity index is 1590. The number of imidazole rings is 1. The van der Waals surface area contributed by atoms with Gasteiger partial charge >= 0.3 is 0 Å². The Morgan fingerprint density at radius 2 is 1.09 bits per heavy atom. The molecule has 0 amide bonds. The number of nitrogens with zero attached hydrogens (tertiary/aromatic N) is 2. The van der Waals surface area contributed by atoms with Gasteiger partial charge in [0.2, 0.25) is 0 Å². The van der Waals surface area contributed by atoms with Crippen LogP contribution in [0.15, 0.2) is 109 Å². The Morgan fingerprint density at radius 3 is 1.55 bits per heavy atom. The maximum absolute atomic E-state index is 7.20. The highest BCUT2D eigenvalue weighted by Crippen LogP contribution is 2.43. The summed E-state index contributed by atoms with van der Waals surface area (Å²) in [5, 5.41) is 0. The van der Waals surface area contributed by atoms with Gasteiger partial charge in [-0.1, -0.05) is 114 Å². The molecule has 5 rings (SSSR count). The first-order valence-corrected chi connectivity index (χ1v) is 15.3. The van der Waals surface area contributed by atoms with E-state index in [4.69, 9.17) is 17.3 Å². The molecule has 44 heavy (non-hydrogen) atoms. The standard InChI is InChI=1S/C39H44BN2O2/c1-38(2,3)35(31-25-29(19-21-33(31)43-7)27-15-11-9-12-16-27)41-23-24-42(37(41)40)36(39(4,5)6)32-26-30(20-22-34(32)44-8)28-17-13-10-14-18-28/h9-26,35-36H,1-8H3/t35-,36-/m1/s1. The molecule has 3 radical (unpaired) electrons. The topological polar surface area (TPSA) is 27.3 Å². The number of aromatic nitrogens is 2. The minimum absolute atomic E-state index is 0.0967. The van der Waals surface area contributed by atoms with E-state index in [1.54, 1.807) is 14.2 Å². The molecule has 1 aromatic heterocycles. The number of rotatable bonds is 8. The summed E-state index contributed by atoms with van der Waals surface area (Å²) < 4.78 is 16.3. The lowest BCUT2D eigenvalue weighted by Gasteiger charge is -2.35. The molecule has 5 aromatic rings. The summed E-state index contributed by atoms with van der Waals surface area (Å²) in [7, 11) is 10.7. The van der Waals surface area contributed by atoms with Crippen LogP contribution in [0.25, 0.3) is 22.3 Å². The van der Waals surface area contributed by atoms with E-state index < -0.39 is 0 Å². The van der Waals surface area contributed by atoms with Gasteiger partial charge in [-0.15, -0.1) is 0 Å². The highest BCUT2D eigenvalue weighted by atomic mass is 16.5. The van der Waals surface area contributed by atoms with Crippen LogP contribution >= 0.6 is 0 Å². The van der Waals surface area contributed by atoms with Crippen LogP contribution in [-0.4, -0.2) is 26.6 Å². The summed E-state index contributed by atoms with van der Waals surface area (Å²) in [6.45, 7) is 13.5. The monoisotopic (exact) mass is 583 g/mol. The van der Waals surface area contributed by atoms with E-state index in [9.17, 15) is 0 Å². The van der Waals surface area contributed by atoms with Crippen molar-refractivity contribution in [1.29, 1.82) is 0 Å². The van der Waals surface area contributed by atoms with Crippen LogP contribution in [0.1, 0.15) is 64.8 Å². The minimum atomic E-state index is -0.185. The molecule has 5 heteroatoms. The third-order valence-electron chi connectivity index (χ3n) is 8.38. The van der Waals surface area contributed by atoms with Gasteiger partial charge in [0.25, 0.3) is 0 Å². The van der Waals surface area contributed by atoms with Crippen molar-refractivity contribution >= 4 is 13.6 Å². The van der Waals surface area contributed by atoms with Crippen molar-refractivity contribution in [2.45, 2.75) is 53.6 Å². The Kier molecular flexibility index (Phi) is 8.79. The molecule has 0 aliphatic heterocycles. The van der Waals surface area contributed by atoms with Gasteiger partial charge in [0.15, 0.2) is 0 Å². The summed E-state index contributed by atoms with van der Waals surface area (Å²) in [5.74, 6) is 1.68. The maximum Gasteiger partial charge on any atom is 0.130 e.